The molecule has 0 unspecified atom stereocenters. The Hall–Kier alpha value is -3.38. The summed E-state index contributed by atoms with van der Waals surface area (Å²) < 4.78 is 77.0. The van der Waals surface area contributed by atoms with Crippen molar-refractivity contribution in [3.63, 3.8) is 0 Å². The van der Waals surface area contributed by atoms with Crippen molar-refractivity contribution < 1.29 is 26.3 Å². The number of aromatic nitrogens is 3. The predicted molar refractivity (Wildman–Crippen MR) is 91.1 cm³/mol. The number of halogens is 6. The number of rotatable bonds is 4. The first-order chi connectivity index (χ1) is 12.9. The van der Waals surface area contributed by atoms with E-state index < -0.39 is 30.1 Å². The molecule has 3 aromatic rings. The summed E-state index contributed by atoms with van der Waals surface area (Å²) in [6, 6.07) is 4.16. The highest BCUT2D eigenvalue weighted by Crippen LogP contribution is 2.35. The third-order valence-corrected chi connectivity index (χ3v) is 3.60. The molecule has 0 atom stereocenters. The Labute approximate surface area is 153 Å². The highest BCUT2D eigenvalue weighted by atomic mass is 19.4. The van der Waals surface area contributed by atoms with Gasteiger partial charge in [-0.3, -0.25) is 0 Å². The third kappa shape index (κ3) is 4.13. The van der Waals surface area contributed by atoms with Crippen molar-refractivity contribution >= 4 is 34.3 Å². The summed E-state index contributed by atoms with van der Waals surface area (Å²) in [5, 5.41) is 8.95. The van der Waals surface area contributed by atoms with Gasteiger partial charge in [0.15, 0.2) is 11.5 Å². The van der Waals surface area contributed by atoms with Crippen LogP contribution < -0.4 is 22.1 Å². The molecular formula is C15H13F6N7. The molecule has 7 nitrogen and oxygen atoms in total. The van der Waals surface area contributed by atoms with Gasteiger partial charge in [-0.1, -0.05) is 0 Å². The van der Waals surface area contributed by atoms with E-state index in [0.717, 1.165) is 22.7 Å². The van der Waals surface area contributed by atoms with E-state index in [-0.39, 0.29) is 28.7 Å². The molecule has 0 saturated carbocycles. The number of hydrogen-bond donors (Lipinski definition) is 4. The van der Waals surface area contributed by atoms with Crippen molar-refractivity contribution in [2.24, 2.45) is 0 Å². The highest BCUT2D eigenvalue weighted by Gasteiger charge is 2.32. The SMILES string of the molecule is Nc1cc(Nc2cc(NCC(F)(F)F)c3ncc(N)n3n2)ccc1C(F)(F)F. The average molecular weight is 405 g/mol. The number of nitrogens with two attached hydrogens (primary N) is 2. The topological polar surface area (TPSA) is 106 Å². The molecular weight excluding hydrogens is 392 g/mol. The number of benzene rings is 1. The summed E-state index contributed by atoms with van der Waals surface area (Å²) in [4.78, 5) is 3.89. The monoisotopic (exact) mass is 405 g/mol. The molecule has 13 heteroatoms. The van der Waals surface area contributed by atoms with Crippen LogP contribution >= 0.6 is 0 Å². The molecule has 0 spiro atoms. The van der Waals surface area contributed by atoms with Gasteiger partial charge in [-0.15, -0.1) is 5.10 Å². The van der Waals surface area contributed by atoms with Gasteiger partial charge in [-0.2, -0.15) is 30.9 Å². The van der Waals surface area contributed by atoms with E-state index in [9.17, 15) is 26.3 Å². The molecule has 0 fully saturated rings. The molecule has 0 aliphatic heterocycles. The zero-order valence-corrected chi connectivity index (χ0v) is 13.9. The summed E-state index contributed by atoms with van der Waals surface area (Å²) in [5.74, 6) is 0.0710. The van der Waals surface area contributed by atoms with Crippen LogP contribution in [0.2, 0.25) is 0 Å². The lowest BCUT2D eigenvalue weighted by Gasteiger charge is -2.14. The lowest BCUT2D eigenvalue weighted by molar-refractivity contribution is -0.136. The highest BCUT2D eigenvalue weighted by molar-refractivity contribution is 5.74. The van der Waals surface area contributed by atoms with Crippen molar-refractivity contribution in [2.75, 3.05) is 28.6 Å². The fourth-order valence-electron chi connectivity index (χ4n) is 2.42. The second kappa shape index (κ2) is 6.65. The first kappa shape index (κ1) is 19.4. The van der Waals surface area contributed by atoms with Crippen molar-refractivity contribution in [1.29, 1.82) is 0 Å². The van der Waals surface area contributed by atoms with Crippen LogP contribution in [-0.4, -0.2) is 27.3 Å². The van der Waals surface area contributed by atoms with E-state index >= 15 is 0 Å². The Balaban J connectivity index is 1.95. The quantitative estimate of drug-likeness (QED) is 0.390. The summed E-state index contributed by atoms with van der Waals surface area (Å²) in [6.45, 7) is -1.33. The second-order valence-electron chi connectivity index (χ2n) is 5.76. The van der Waals surface area contributed by atoms with Crippen molar-refractivity contribution in [1.82, 2.24) is 14.6 Å². The van der Waals surface area contributed by atoms with Gasteiger partial charge in [0.1, 0.15) is 12.4 Å². The van der Waals surface area contributed by atoms with Gasteiger partial charge < -0.3 is 22.1 Å². The van der Waals surface area contributed by atoms with Crippen LogP contribution in [0.3, 0.4) is 0 Å². The van der Waals surface area contributed by atoms with E-state index in [1.54, 1.807) is 0 Å². The normalized spacial score (nSPS) is 12.4. The molecule has 2 heterocycles. The minimum absolute atomic E-state index is 0.0148. The minimum atomic E-state index is -4.61. The molecule has 0 aliphatic carbocycles. The zero-order valence-electron chi connectivity index (χ0n) is 13.9. The fourth-order valence-corrected chi connectivity index (χ4v) is 2.42. The molecule has 0 saturated heterocycles. The molecule has 1 aromatic carbocycles. The summed E-state index contributed by atoms with van der Waals surface area (Å²) in [7, 11) is 0. The minimum Gasteiger partial charge on any atom is -0.398 e. The predicted octanol–water partition coefficient (Wildman–Crippen LogP) is 3.63. The molecule has 2 aromatic heterocycles. The Morgan fingerprint density at radius 3 is 2.36 bits per heavy atom. The number of hydrogen-bond acceptors (Lipinski definition) is 6. The van der Waals surface area contributed by atoms with Crippen LogP contribution in [-0.2, 0) is 6.18 Å². The Bertz CT molecular complexity index is 1010. The number of imidazole rings is 1. The van der Waals surface area contributed by atoms with E-state index in [1.807, 2.05) is 0 Å². The summed E-state index contributed by atoms with van der Waals surface area (Å²) in [5.41, 5.74) is 9.79. The molecule has 0 radical (unpaired) electrons. The van der Waals surface area contributed by atoms with Gasteiger partial charge >= 0.3 is 12.4 Å². The molecule has 0 amide bonds. The number of nitrogen functional groups attached to an aromatic ring is 2. The maximum atomic E-state index is 12.8. The number of fused-ring (bicyclic) bond motifs is 1. The number of alkyl halides is 6. The molecule has 3 rings (SSSR count). The zero-order chi connectivity index (χ0) is 20.7. The van der Waals surface area contributed by atoms with Gasteiger partial charge in [0.2, 0.25) is 0 Å². The Morgan fingerprint density at radius 1 is 1.04 bits per heavy atom. The van der Waals surface area contributed by atoms with Gasteiger partial charge in [-0.05, 0) is 18.2 Å². The molecule has 0 aliphatic rings. The maximum absolute atomic E-state index is 12.8. The van der Waals surface area contributed by atoms with Crippen LogP contribution in [0.5, 0.6) is 0 Å². The lowest BCUT2D eigenvalue weighted by atomic mass is 10.1. The first-order valence-electron chi connectivity index (χ1n) is 7.63. The van der Waals surface area contributed by atoms with Gasteiger partial charge in [0, 0.05) is 17.4 Å². The van der Waals surface area contributed by atoms with Gasteiger partial charge in [0.05, 0.1) is 17.4 Å². The fraction of sp³-hybridized carbons (Fsp3) is 0.200. The first-order valence-corrected chi connectivity index (χ1v) is 7.63. The van der Waals surface area contributed by atoms with Crippen LogP contribution in [0.4, 0.5) is 55.0 Å². The van der Waals surface area contributed by atoms with Crippen LogP contribution in [0, 0.1) is 0 Å². The molecule has 28 heavy (non-hydrogen) atoms. The van der Waals surface area contributed by atoms with Crippen molar-refractivity contribution in [3.05, 3.63) is 36.0 Å². The van der Waals surface area contributed by atoms with Gasteiger partial charge in [-0.25, -0.2) is 4.98 Å². The van der Waals surface area contributed by atoms with Crippen molar-refractivity contribution in [3.8, 4) is 0 Å². The smallest absolute Gasteiger partial charge is 0.398 e. The van der Waals surface area contributed by atoms with Crippen LogP contribution in [0.1, 0.15) is 5.56 Å². The number of anilines is 5. The summed E-state index contributed by atoms with van der Waals surface area (Å²) in [6.07, 6.45) is -7.88. The largest absolute Gasteiger partial charge is 0.418 e. The van der Waals surface area contributed by atoms with Crippen LogP contribution in [0.25, 0.3) is 5.65 Å². The molecule has 150 valence electrons. The van der Waals surface area contributed by atoms with E-state index in [1.165, 1.54) is 12.3 Å². The summed E-state index contributed by atoms with van der Waals surface area (Å²) >= 11 is 0. The van der Waals surface area contributed by atoms with Crippen molar-refractivity contribution in [2.45, 2.75) is 12.4 Å². The molecule has 0 bridgehead atoms. The van der Waals surface area contributed by atoms with Gasteiger partial charge in [0.25, 0.3) is 0 Å². The van der Waals surface area contributed by atoms with E-state index in [0.29, 0.717) is 0 Å². The Kier molecular flexibility index (Phi) is 4.61. The lowest BCUT2D eigenvalue weighted by Crippen LogP contribution is -2.22. The maximum Gasteiger partial charge on any atom is 0.418 e. The van der Waals surface area contributed by atoms with E-state index in [2.05, 4.69) is 20.7 Å². The third-order valence-electron chi connectivity index (χ3n) is 3.60. The molecule has 6 N–H and O–H groups in total. The average Bonchev–Trinajstić information content (AvgIpc) is 2.92. The number of nitrogens with one attached hydrogen (secondary N) is 2. The van der Waals surface area contributed by atoms with Crippen LogP contribution in [0.15, 0.2) is 30.5 Å². The number of nitrogens with zero attached hydrogens (tertiary/aromatic N) is 3. The standard InChI is InChI=1S/C15H13F6N7/c16-14(17,18)6-25-10-4-12(27-28-11(23)5-24-13(10)28)26-7-1-2-8(9(22)3-7)15(19,20)21/h1-5,25H,6,22-23H2,(H,26,27). The second-order valence-corrected chi connectivity index (χ2v) is 5.76. The Morgan fingerprint density at radius 2 is 1.75 bits per heavy atom. The van der Waals surface area contributed by atoms with E-state index in [4.69, 9.17) is 11.5 Å².